The summed E-state index contributed by atoms with van der Waals surface area (Å²) < 4.78 is 0. The molecule has 0 amide bonds. The molecule has 0 spiro atoms. The normalized spacial score (nSPS) is 17.4. The van der Waals surface area contributed by atoms with Crippen LogP contribution in [0.2, 0.25) is 0 Å². The van der Waals surface area contributed by atoms with Crippen LogP contribution in [0.15, 0.2) is 121 Å². The minimum Gasteiger partial charge on any atom is -0.334 e. The van der Waals surface area contributed by atoms with Crippen molar-refractivity contribution in [3.05, 3.63) is 126 Å². The predicted molar refractivity (Wildman–Crippen MR) is 133 cm³/mol. The Balaban J connectivity index is 1.53. The van der Waals surface area contributed by atoms with Gasteiger partial charge in [-0.2, -0.15) is 0 Å². The molecule has 2 aliphatic carbocycles. The molecule has 1 heteroatoms. The van der Waals surface area contributed by atoms with Crippen molar-refractivity contribution in [1.82, 2.24) is 0 Å². The third-order valence-electron chi connectivity index (χ3n) is 6.26. The lowest BCUT2D eigenvalue weighted by Crippen LogP contribution is -2.34. The van der Waals surface area contributed by atoms with E-state index in [4.69, 9.17) is 0 Å². The molecular formula is C30H27N. The number of para-hydroxylation sites is 1. The average molecular weight is 402 g/mol. The number of hydrogen-bond donors (Lipinski definition) is 0. The molecule has 152 valence electrons. The Morgan fingerprint density at radius 3 is 2.13 bits per heavy atom. The highest BCUT2D eigenvalue weighted by Crippen LogP contribution is 2.38. The lowest BCUT2D eigenvalue weighted by molar-refractivity contribution is 0.731. The van der Waals surface area contributed by atoms with E-state index in [1.165, 1.54) is 33.6 Å². The van der Waals surface area contributed by atoms with E-state index in [1.54, 1.807) is 0 Å². The number of allylic oxidation sites excluding steroid dienone is 3. The zero-order valence-corrected chi connectivity index (χ0v) is 17.7. The number of benzene rings is 3. The van der Waals surface area contributed by atoms with Crippen molar-refractivity contribution in [3.63, 3.8) is 0 Å². The van der Waals surface area contributed by atoms with Gasteiger partial charge in [-0.15, -0.1) is 0 Å². The first-order valence-corrected chi connectivity index (χ1v) is 11.1. The van der Waals surface area contributed by atoms with Gasteiger partial charge in [0, 0.05) is 11.4 Å². The van der Waals surface area contributed by atoms with E-state index in [-0.39, 0.29) is 0 Å². The Hall–Kier alpha value is -3.58. The molecule has 31 heavy (non-hydrogen) atoms. The summed E-state index contributed by atoms with van der Waals surface area (Å²) in [5.74, 6) is 0. The predicted octanol–water partition coefficient (Wildman–Crippen LogP) is 8.11. The molecule has 1 unspecified atom stereocenters. The standard InChI is InChI=1S/C30H27N/c1-2-23-15-17-24(18-16-23)25-19-21-28(22-20-25)31(27-11-4-3-5-12-27)30-14-8-10-26-9-6-7-13-29(26)30/h2-5,7-8,10-13,15-22,30H,1,6,9,14H2. The molecule has 3 aromatic carbocycles. The summed E-state index contributed by atoms with van der Waals surface area (Å²) in [6.45, 7) is 3.85. The summed E-state index contributed by atoms with van der Waals surface area (Å²) in [7, 11) is 0. The highest BCUT2D eigenvalue weighted by atomic mass is 15.2. The van der Waals surface area contributed by atoms with E-state index in [0.717, 1.165) is 24.8 Å². The molecule has 2 aliphatic rings. The molecule has 0 heterocycles. The second-order valence-corrected chi connectivity index (χ2v) is 8.15. The molecule has 0 aromatic heterocycles. The van der Waals surface area contributed by atoms with Gasteiger partial charge in [0.1, 0.15) is 0 Å². The van der Waals surface area contributed by atoms with Gasteiger partial charge >= 0.3 is 0 Å². The van der Waals surface area contributed by atoms with Gasteiger partial charge in [-0.25, -0.2) is 0 Å². The van der Waals surface area contributed by atoms with Crippen LogP contribution in [0.25, 0.3) is 17.2 Å². The van der Waals surface area contributed by atoms with Crippen molar-refractivity contribution in [2.75, 3.05) is 4.90 Å². The Morgan fingerprint density at radius 1 is 0.742 bits per heavy atom. The molecular weight excluding hydrogens is 374 g/mol. The van der Waals surface area contributed by atoms with Crippen molar-refractivity contribution >= 4 is 17.5 Å². The maximum Gasteiger partial charge on any atom is 0.0628 e. The van der Waals surface area contributed by atoms with Crippen LogP contribution < -0.4 is 4.90 Å². The van der Waals surface area contributed by atoms with Gasteiger partial charge in [-0.3, -0.25) is 0 Å². The molecule has 0 aliphatic heterocycles. The molecule has 1 atom stereocenters. The van der Waals surface area contributed by atoms with Gasteiger partial charge in [-0.05, 0) is 71.4 Å². The van der Waals surface area contributed by atoms with E-state index in [2.05, 4.69) is 115 Å². The van der Waals surface area contributed by atoms with Crippen LogP contribution in [0.3, 0.4) is 0 Å². The van der Waals surface area contributed by atoms with Crippen molar-refractivity contribution in [1.29, 1.82) is 0 Å². The Kier molecular flexibility index (Phi) is 5.41. The summed E-state index contributed by atoms with van der Waals surface area (Å²) >= 11 is 0. The van der Waals surface area contributed by atoms with Crippen molar-refractivity contribution < 1.29 is 0 Å². The van der Waals surface area contributed by atoms with Crippen LogP contribution in [-0.2, 0) is 0 Å². The molecule has 0 fully saturated rings. The van der Waals surface area contributed by atoms with E-state index in [9.17, 15) is 0 Å². The summed E-state index contributed by atoms with van der Waals surface area (Å²) in [6, 6.07) is 28.6. The minimum atomic E-state index is 0.316. The van der Waals surface area contributed by atoms with Crippen LogP contribution in [0.5, 0.6) is 0 Å². The third kappa shape index (κ3) is 3.92. The minimum absolute atomic E-state index is 0.316. The van der Waals surface area contributed by atoms with Crippen LogP contribution in [0.4, 0.5) is 11.4 Å². The lowest BCUT2D eigenvalue weighted by Gasteiger charge is -2.37. The van der Waals surface area contributed by atoms with Crippen LogP contribution in [-0.4, -0.2) is 6.04 Å². The van der Waals surface area contributed by atoms with E-state index in [0.29, 0.717) is 6.04 Å². The second-order valence-electron chi connectivity index (χ2n) is 8.15. The molecule has 0 N–H and O–H groups in total. The SMILES string of the molecule is C=Cc1ccc(-c2ccc(N(c3ccccc3)C3CC=CC4=C3C=CCC4)cc2)cc1. The summed E-state index contributed by atoms with van der Waals surface area (Å²) in [5, 5.41) is 0. The number of rotatable bonds is 5. The number of nitrogens with zero attached hydrogens (tertiary/aromatic N) is 1. The van der Waals surface area contributed by atoms with Crippen molar-refractivity contribution in [3.8, 4) is 11.1 Å². The lowest BCUT2D eigenvalue weighted by atomic mass is 9.85. The quantitative estimate of drug-likeness (QED) is 0.417. The highest BCUT2D eigenvalue weighted by molar-refractivity contribution is 5.72. The summed E-state index contributed by atoms with van der Waals surface area (Å²) in [5.41, 5.74) is 9.00. The van der Waals surface area contributed by atoms with Crippen LogP contribution >= 0.6 is 0 Å². The van der Waals surface area contributed by atoms with Gasteiger partial charge in [0.2, 0.25) is 0 Å². The zero-order chi connectivity index (χ0) is 21.0. The molecule has 0 saturated heterocycles. The first-order chi connectivity index (χ1) is 15.3. The fraction of sp³-hybridized carbons (Fsp3) is 0.133. The van der Waals surface area contributed by atoms with Crippen molar-refractivity contribution in [2.24, 2.45) is 0 Å². The van der Waals surface area contributed by atoms with Gasteiger partial charge in [0.05, 0.1) is 6.04 Å². The first-order valence-electron chi connectivity index (χ1n) is 11.1. The Labute approximate surface area is 185 Å². The molecule has 5 rings (SSSR count). The summed E-state index contributed by atoms with van der Waals surface area (Å²) in [4.78, 5) is 2.50. The largest absolute Gasteiger partial charge is 0.334 e. The van der Waals surface area contributed by atoms with Gasteiger partial charge in [-0.1, -0.05) is 91.6 Å². The third-order valence-corrected chi connectivity index (χ3v) is 6.26. The van der Waals surface area contributed by atoms with E-state index < -0.39 is 0 Å². The van der Waals surface area contributed by atoms with E-state index >= 15 is 0 Å². The second kappa shape index (κ2) is 8.65. The van der Waals surface area contributed by atoms with Crippen LogP contribution in [0.1, 0.15) is 24.8 Å². The summed E-state index contributed by atoms with van der Waals surface area (Å²) in [6.07, 6.45) is 14.5. The monoisotopic (exact) mass is 401 g/mol. The topological polar surface area (TPSA) is 3.24 Å². The van der Waals surface area contributed by atoms with Gasteiger partial charge in [0.25, 0.3) is 0 Å². The molecule has 3 aromatic rings. The Bertz CT molecular complexity index is 1150. The van der Waals surface area contributed by atoms with Crippen molar-refractivity contribution in [2.45, 2.75) is 25.3 Å². The molecule has 0 bridgehead atoms. The smallest absolute Gasteiger partial charge is 0.0628 e. The molecule has 0 saturated carbocycles. The number of hydrogen-bond acceptors (Lipinski definition) is 1. The molecule has 1 nitrogen and oxygen atoms in total. The fourth-order valence-electron chi connectivity index (χ4n) is 4.64. The van der Waals surface area contributed by atoms with Gasteiger partial charge < -0.3 is 4.90 Å². The van der Waals surface area contributed by atoms with E-state index in [1.807, 2.05) is 6.08 Å². The molecule has 0 radical (unpaired) electrons. The maximum absolute atomic E-state index is 3.85. The average Bonchev–Trinajstić information content (AvgIpc) is 2.86. The number of anilines is 2. The fourth-order valence-corrected chi connectivity index (χ4v) is 4.64. The van der Waals surface area contributed by atoms with Gasteiger partial charge in [0.15, 0.2) is 0 Å². The zero-order valence-electron chi connectivity index (χ0n) is 17.7. The maximum atomic E-state index is 3.85. The first kappa shape index (κ1) is 19.4. The highest BCUT2D eigenvalue weighted by Gasteiger charge is 2.27. The Morgan fingerprint density at radius 2 is 1.42 bits per heavy atom. The van der Waals surface area contributed by atoms with Crippen LogP contribution in [0, 0.1) is 0 Å².